The van der Waals surface area contributed by atoms with E-state index in [1.54, 1.807) is 0 Å². The number of nitrogens with one attached hydrogen (secondary N) is 2. The predicted octanol–water partition coefficient (Wildman–Crippen LogP) is 2.49. The van der Waals surface area contributed by atoms with Gasteiger partial charge in [0.25, 0.3) is 0 Å². The minimum Gasteiger partial charge on any atom is -0.481 e. The summed E-state index contributed by atoms with van der Waals surface area (Å²) in [5.74, 6) is -2.28. The lowest BCUT2D eigenvalue weighted by molar-refractivity contribution is -0.137. The summed E-state index contributed by atoms with van der Waals surface area (Å²) >= 11 is 3.07. The first-order chi connectivity index (χ1) is 9.38. The number of amides is 3. The molecule has 8 heteroatoms. The Bertz CT molecular complexity index is 536. The lowest BCUT2D eigenvalue weighted by Gasteiger charge is -2.07. The second kappa shape index (κ2) is 7.59. The van der Waals surface area contributed by atoms with E-state index < -0.39 is 23.7 Å². The number of aliphatic carboxylic acids is 1. The van der Waals surface area contributed by atoms with Crippen LogP contribution in [-0.2, 0) is 9.59 Å². The summed E-state index contributed by atoms with van der Waals surface area (Å²) < 4.78 is 13.9. The number of carbonyl (C=O) groups excluding carboxylic acids is 2. The first-order valence-corrected chi connectivity index (χ1v) is 6.45. The predicted molar refractivity (Wildman–Crippen MR) is 72.7 cm³/mol. The van der Waals surface area contributed by atoms with Crippen molar-refractivity contribution >= 4 is 39.5 Å². The average molecular weight is 347 g/mol. The molecule has 6 nitrogen and oxygen atoms in total. The van der Waals surface area contributed by atoms with Crippen LogP contribution in [-0.4, -0.2) is 23.0 Å². The third-order valence-electron chi connectivity index (χ3n) is 2.23. The van der Waals surface area contributed by atoms with Crippen LogP contribution in [0, 0.1) is 5.82 Å². The molecule has 0 aliphatic heterocycles. The number of carboxylic acid groups (broad SMARTS) is 1. The molecule has 20 heavy (non-hydrogen) atoms. The minimum atomic E-state index is -1.01. The summed E-state index contributed by atoms with van der Waals surface area (Å²) in [6.07, 6.45) is -0.125. The zero-order chi connectivity index (χ0) is 15.1. The van der Waals surface area contributed by atoms with Crippen LogP contribution in [0.3, 0.4) is 0 Å². The Hall–Kier alpha value is -1.96. The molecule has 0 spiro atoms. The van der Waals surface area contributed by atoms with Gasteiger partial charge < -0.3 is 10.4 Å². The van der Waals surface area contributed by atoms with Crippen LogP contribution in [0.4, 0.5) is 14.9 Å². The van der Waals surface area contributed by atoms with E-state index in [2.05, 4.69) is 21.2 Å². The molecule has 0 saturated carbocycles. The highest BCUT2D eigenvalue weighted by Crippen LogP contribution is 2.19. The van der Waals surface area contributed by atoms with E-state index in [9.17, 15) is 18.8 Å². The summed E-state index contributed by atoms with van der Waals surface area (Å²) in [5.41, 5.74) is -0.0657. The van der Waals surface area contributed by atoms with Crippen LogP contribution < -0.4 is 10.6 Å². The molecule has 0 aromatic heterocycles. The fourth-order valence-electron chi connectivity index (χ4n) is 1.33. The van der Waals surface area contributed by atoms with Crippen molar-refractivity contribution in [3.63, 3.8) is 0 Å². The van der Waals surface area contributed by atoms with Gasteiger partial charge in [-0.05, 0) is 24.6 Å². The monoisotopic (exact) mass is 346 g/mol. The van der Waals surface area contributed by atoms with Crippen LogP contribution >= 0.6 is 15.9 Å². The smallest absolute Gasteiger partial charge is 0.325 e. The van der Waals surface area contributed by atoms with Crippen LogP contribution in [0.2, 0.25) is 0 Å². The van der Waals surface area contributed by atoms with Gasteiger partial charge >= 0.3 is 12.0 Å². The van der Waals surface area contributed by atoms with E-state index in [1.807, 2.05) is 5.32 Å². The molecule has 0 atom stereocenters. The zero-order valence-electron chi connectivity index (χ0n) is 10.3. The van der Waals surface area contributed by atoms with Crippen molar-refractivity contribution in [1.82, 2.24) is 5.32 Å². The summed E-state index contributed by atoms with van der Waals surface area (Å²) in [5, 5.41) is 12.6. The van der Waals surface area contributed by atoms with Crippen molar-refractivity contribution in [2.75, 3.05) is 5.32 Å². The number of carboxylic acids is 1. The molecule has 1 rings (SSSR count). The van der Waals surface area contributed by atoms with Crippen LogP contribution in [0.15, 0.2) is 22.7 Å². The SMILES string of the molecule is O=C(O)CCCC(=O)NC(=O)Nc1ccc(Br)cc1F. The third-order valence-corrected chi connectivity index (χ3v) is 2.72. The quantitative estimate of drug-likeness (QED) is 0.763. The Labute approximate surface area is 122 Å². The highest BCUT2D eigenvalue weighted by Gasteiger charge is 2.11. The molecule has 0 saturated heterocycles. The molecule has 0 unspecified atom stereocenters. The first kappa shape index (κ1) is 16.1. The van der Waals surface area contributed by atoms with Crippen LogP contribution in [0.25, 0.3) is 0 Å². The van der Waals surface area contributed by atoms with E-state index in [4.69, 9.17) is 5.11 Å². The number of carbonyl (C=O) groups is 3. The molecule has 108 valence electrons. The summed E-state index contributed by atoms with van der Waals surface area (Å²) in [6.45, 7) is 0. The van der Waals surface area contributed by atoms with Gasteiger partial charge in [0.15, 0.2) is 0 Å². The maximum atomic E-state index is 13.4. The van der Waals surface area contributed by atoms with E-state index in [0.717, 1.165) is 0 Å². The van der Waals surface area contributed by atoms with E-state index in [-0.39, 0.29) is 24.9 Å². The summed E-state index contributed by atoms with van der Waals surface area (Å²) in [6, 6.07) is 3.18. The molecule has 3 N–H and O–H groups in total. The lowest BCUT2D eigenvalue weighted by atomic mass is 10.2. The normalized spacial score (nSPS) is 9.90. The number of anilines is 1. The molecule has 0 aliphatic carbocycles. The minimum absolute atomic E-state index is 0.0657. The maximum absolute atomic E-state index is 13.4. The molecule has 0 bridgehead atoms. The molecule has 0 fully saturated rings. The Morgan fingerprint density at radius 2 is 1.95 bits per heavy atom. The van der Waals surface area contributed by atoms with Gasteiger partial charge in [-0.15, -0.1) is 0 Å². The van der Waals surface area contributed by atoms with Gasteiger partial charge in [0.05, 0.1) is 5.69 Å². The van der Waals surface area contributed by atoms with Gasteiger partial charge in [0.1, 0.15) is 5.82 Å². The highest BCUT2D eigenvalue weighted by molar-refractivity contribution is 9.10. The van der Waals surface area contributed by atoms with Gasteiger partial charge in [0, 0.05) is 17.3 Å². The van der Waals surface area contributed by atoms with Crippen molar-refractivity contribution in [3.05, 3.63) is 28.5 Å². The Morgan fingerprint density at radius 3 is 2.55 bits per heavy atom. The standard InChI is InChI=1S/C12H12BrFN2O4/c13-7-4-5-9(8(14)6-7)15-12(20)16-10(17)2-1-3-11(18)19/h4-6H,1-3H2,(H,18,19)(H2,15,16,17,20). The largest absolute Gasteiger partial charge is 0.481 e. The van der Waals surface area contributed by atoms with Crippen molar-refractivity contribution < 1.29 is 23.9 Å². The molecule has 1 aromatic carbocycles. The molecule has 0 heterocycles. The first-order valence-electron chi connectivity index (χ1n) is 5.66. The van der Waals surface area contributed by atoms with E-state index >= 15 is 0 Å². The molecule has 1 aromatic rings. The van der Waals surface area contributed by atoms with Crippen molar-refractivity contribution in [1.29, 1.82) is 0 Å². The van der Waals surface area contributed by atoms with Gasteiger partial charge in [-0.25, -0.2) is 9.18 Å². The van der Waals surface area contributed by atoms with Crippen LogP contribution in [0.5, 0.6) is 0 Å². The highest BCUT2D eigenvalue weighted by atomic mass is 79.9. The topological polar surface area (TPSA) is 95.5 Å². The van der Waals surface area contributed by atoms with Crippen molar-refractivity contribution in [3.8, 4) is 0 Å². The number of urea groups is 1. The number of hydrogen-bond acceptors (Lipinski definition) is 3. The van der Waals surface area contributed by atoms with Crippen molar-refractivity contribution in [2.45, 2.75) is 19.3 Å². The third kappa shape index (κ3) is 5.79. The summed E-state index contributed by atoms with van der Waals surface area (Å²) in [4.78, 5) is 33.0. The van der Waals surface area contributed by atoms with Crippen LogP contribution in [0.1, 0.15) is 19.3 Å². The van der Waals surface area contributed by atoms with E-state index in [0.29, 0.717) is 4.47 Å². The number of imide groups is 1. The lowest BCUT2D eigenvalue weighted by Crippen LogP contribution is -2.34. The Kier molecular flexibility index (Phi) is 6.10. The number of halogens is 2. The van der Waals surface area contributed by atoms with Gasteiger partial charge in [0.2, 0.25) is 5.91 Å². The van der Waals surface area contributed by atoms with Gasteiger partial charge in [-0.2, -0.15) is 0 Å². The van der Waals surface area contributed by atoms with Gasteiger partial charge in [-0.3, -0.25) is 14.9 Å². The fraction of sp³-hybridized carbons (Fsp3) is 0.250. The Balaban J connectivity index is 2.43. The number of rotatable bonds is 5. The van der Waals surface area contributed by atoms with Crippen molar-refractivity contribution in [2.24, 2.45) is 0 Å². The zero-order valence-corrected chi connectivity index (χ0v) is 11.9. The summed E-state index contributed by atoms with van der Waals surface area (Å²) in [7, 11) is 0. The number of hydrogen-bond donors (Lipinski definition) is 3. The van der Waals surface area contributed by atoms with Gasteiger partial charge in [-0.1, -0.05) is 15.9 Å². The molecular weight excluding hydrogens is 335 g/mol. The number of benzene rings is 1. The molecular formula is C12H12BrFN2O4. The molecule has 0 aliphatic rings. The average Bonchev–Trinajstić information content (AvgIpc) is 2.32. The molecule has 0 radical (unpaired) electrons. The fourth-order valence-corrected chi connectivity index (χ4v) is 1.67. The second-order valence-corrected chi connectivity index (χ2v) is 4.79. The molecule has 3 amide bonds. The maximum Gasteiger partial charge on any atom is 0.325 e. The Morgan fingerprint density at radius 1 is 1.25 bits per heavy atom. The second-order valence-electron chi connectivity index (χ2n) is 3.87. The van der Waals surface area contributed by atoms with E-state index in [1.165, 1.54) is 18.2 Å².